The van der Waals surface area contributed by atoms with Crippen LogP contribution in [0.15, 0.2) is 10.9 Å². The van der Waals surface area contributed by atoms with Gasteiger partial charge < -0.3 is 10.7 Å². The van der Waals surface area contributed by atoms with Crippen molar-refractivity contribution in [1.29, 1.82) is 0 Å². The van der Waals surface area contributed by atoms with Crippen molar-refractivity contribution in [3.63, 3.8) is 0 Å². The van der Waals surface area contributed by atoms with Crippen LogP contribution in [0.5, 0.6) is 0 Å². The topological polar surface area (TPSA) is 89.6 Å². The van der Waals surface area contributed by atoms with Crippen molar-refractivity contribution in [2.24, 2.45) is 5.73 Å². The van der Waals surface area contributed by atoms with E-state index in [4.69, 9.17) is 17.3 Å². The van der Waals surface area contributed by atoms with Gasteiger partial charge in [0, 0.05) is 5.92 Å². The highest BCUT2D eigenvalue weighted by Gasteiger charge is 2.36. The molecule has 1 unspecified atom stereocenters. The van der Waals surface area contributed by atoms with Crippen LogP contribution < -0.4 is 11.3 Å². The largest absolute Gasteiger partial charge is 0.435 e. The molecule has 10 heteroatoms. The van der Waals surface area contributed by atoms with Crippen LogP contribution in [0.3, 0.4) is 0 Å². The van der Waals surface area contributed by atoms with Crippen LogP contribution in [0.4, 0.5) is 13.2 Å². The number of aromatic nitrogens is 4. The van der Waals surface area contributed by atoms with E-state index in [0.717, 1.165) is 23.6 Å². The van der Waals surface area contributed by atoms with Gasteiger partial charge in [-0.2, -0.15) is 18.3 Å². The van der Waals surface area contributed by atoms with Crippen LogP contribution in [0.25, 0.3) is 11.3 Å². The predicted molar refractivity (Wildman–Crippen MR) is 86.2 cm³/mol. The van der Waals surface area contributed by atoms with Gasteiger partial charge in [-0.3, -0.25) is 9.48 Å². The van der Waals surface area contributed by atoms with E-state index < -0.39 is 22.4 Å². The van der Waals surface area contributed by atoms with E-state index in [1.165, 1.54) is 6.92 Å². The number of rotatable bonds is 4. The van der Waals surface area contributed by atoms with Crippen LogP contribution in [-0.4, -0.2) is 24.7 Å². The monoisotopic (exact) mass is 375 g/mol. The van der Waals surface area contributed by atoms with E-state index in [1.54, 1.807) is 6.92 Å². The fourth-order valence-electron chi connectivity index (χ4n) is 2.63. The van der Waals surface area contributed by atoms with E-state index in [0.29, 0.717) is 11.5 Å². The lowest BCUT2D eigenvalue weighted by Crippen LogP contribution is -2.35. The van der Waals surface area contributed by atoms with Gasteiger partial charge in [0.2, 0.25) is 0 Å². The first-order valence-corrected chi connectivity index (χ1v) is 8.07. The maximum Gasteiger partial charge on any atom is 0.435 e. The Hall–Kier alpha value is -1.87. The molecule has 25 heavy (non-hydrogen) atoms. The second-order valence-electron chi connectivity index (χ2n) is 6.53. The number of nitrogens with one attached hydrogen (secondary N) is 1. The smallest absolute Gasteiger partial charge is 0.311 e. The van der Waals surface area contributed by atoms with Crippen molar-refractivity contribution in [2.75, 3.05) is 0 Å². The molecule has 0 spiro atoms. The summed E-state index contributed by atoms with van der Waals surface area (Å²) in [6.45, 7) is 2.82. The summed E-state index contributed by atoms with van der Waals surface area (Å²) >= 11 is 5.94. The van der Waals surface area contributed by atoms with Crippen molar-refractivity contribution >= 4 is 11.6 Å². The lowest BCUT2D eigenvalue weighted by atomic mass is 10.1. The van der Waals surface area contributed by atoms with Crippen LogP contribution in [0.1, 0.15) is 42.9 Å². The molecule has 0 radical (unpaired) electrons. The van der Waals surface area contributed by atoms with E-state index in [9.17, 15) is 18.0 Å². The summed E-state index contributed by atoms with van der Waals surface area (Å²) in [6, 6.07) is 0.818. The summed E-state index contributed by atoms with van der Waals surface area (Å²) < 4.78 is 40.2. The highest BCUT2D eigenvalue weighted by Crippen LogP contribution is 2.38. The molecule has 0 aliphatic heterocycles. The molecule has 0 aromatic carbocycles. The second kappa shape index (κ2) is 5.84. The Kier molecular flexibility index (Phi) is 4.19. The van der Waals surface area contributed by atoms with Crippen molar-refractivity contribution in [1.82, 2.24) is 19.7 Å². The Morgan fingerprint density at radius 2 is 2.08 bits per heavy atom. The van der Waals surface area contributed by atoms with Gasteiger partial charge in [-0.05, 0) is 32.8 Å². The number of hydrogen-bond acceptors (Lipinski definition) is 4. The van der Waals surface area contributed by atoms with Gasteiger partial charge in [-0.15, -0.1) is 11.6 Å². The third-order valence-corrected chi connectivity index (χ3v) is 3.99. The minimum Gasteiger partial charge on any atom is -0.311 e. The van der Waals surface area contributed by atoms with Gasteiger partial charge in [0.1, 0.15) is 10.8 Å². The molecule has 136 valence electrons. The first-order chi connectivity index (χ1) is 11.5. The van der Waals surface area contributed by atoms with Crippen LogP contribution in [-0.2, 0) is 12.7 Å². The molecular weight excluding hydrogens is 359 g/mol. The number of hydrogen-bond donors (Lipinski definition) is 2. The van der Waals surface area contributed by atoms with Gasteiger partial charge in [0.15, 0.2) is 5.69 Å². The van der Waals surface area contributed by atoms with Gasteiger partial charge >= 0.3 is 6.18 Å². The summed E-state index contributed by atoms with van der Waals surface area (Å²) in [7, 11) is 0. The average molecular weight is 376 g/mol. The van der Waals surface area contributed by atoms with Crippen molar-refractivity contribution in [2.45, 2.75) is 50.3 Å². The third-order valence-electron chi connectivity index (χ3n) is 3.87. The highest BCUT2D eigenvalue weighted by molar-refractivity contribution is 6.23. The summed E-state index contributed by atoms with van der Waals surface area (Å²) in [5.74, 6) is 0.778. The Bertz CT molecular complexity index is 862. The average Bonchev–Trinajstić information content (AvgIpc) is 3.19. The number of nitrogens with zero attached hydrogens (tertiary/aromatic N) is 3. The number of alkyl halides is 4. The molecule has 0 saturated heterocycles. The van der Waals surface area contributed by atoms with E-state index >= 15 is 0 Å². The number of aryl methyl sites for hydroxylation is 1. The summed E-state index contributed by atoms with van der Waals surface area (Å²) in [5, 5.41) is 3.54. The summed E-state index contributed by atoms with van der Waals surface area (Å²) in [4.78, 5) is 18.2. The van der Waals surface area contributed by atoms with E-state index in [-0.39, 0.29) is 23.7 Å². The number of halogens is 4. The molecule has 1 fully saturated rings. The first kappa shape index (κ1) is 17.9. The van der Waals surface area contributed by atoms with Crippen LogP contribution in [0.2, 0.25) is 0 Å². The van der Waals surface area contributed by atoms with E-state index in [2.05, 4.69) is 15.1 Å². The lowest BCUT2D eigenvalue weighted by molar-refractivity contribution is -0.141. The fraction of sp³-hybridized carbons (Fsp3) is 0.533. The third kappa shape index (κ3) is 3.87. The molecule has 0 amide bonds. The minimum atomic E-state index is -4.65. The number of H-pyrrole nitrogens is 1. The predicted octanol–water partition coefficient (Wildman–Crippen LogP) is 2.75. The second-order valence-corrected chi connectivity index (χ2v) is 7.40. The van der Waals surface area contributed by atoms with Gasteiger partial charge in [-0.1, -0.05) is 0 Å². The highest BCUT2D eigenvalue weighted by atomic mass is 35.5. The zero-order chi connectivity index (χ0) is 18.6. The standard InChI is InChI=1S/C15H17ClF3N5O/c1-7-11(13(25)22-12(21-7)8-3-4-8)9-5-10(15(17,18)19)23-24(9)6-14(2,16)20/h5,8H,3-4,6,20H2,1-2H3,(H,21,22,25). The quantitative estimate of drug-likeness (QED) is 0.635. The van der Waals surface area contributed by atoms with Crippen LogP contribution >= 0.6 is 11.6 Å². The van der Waals surface area contributed by atoms with E-state index in [1.807, 2.05) is 0 Å². The maximum absolute atomic E-state index is 13.1. The van der Waals surface area contributed by atoms with Crippen LogP contribution in [0, 0.1) is 6.92 Å². The van der Waals surface area contributed by atoms with Crippen molar-refractivity contribution in [3.8, 4) is 11.3 Å². The molecule has 0 bridgehead atoms. The SMILES string of the molecule is Cc1nc(C2CC2)[nH]c(=O)c1-c1cc(C(F)(F)F)nn1CC(C)(N)Cl. The molecule has 3 rings (SSSR count). The number of aromatic amines is 1. The molecule has 2 aromatic heterocycles. The lowest BCUT2D eigenvalue weighted by Gasteiger charge is -2.18. The Morgan fingerprint density at radius 3 is 2.56 bits per heavy atom. The molecule has 6 nitrogen and oxygen atoms in total. The maximum atomic E-state index is 13.1. The van der Waals surface area contributed by atoms with Gasteiger partial charge in [0.05, 0.1) is 23.5 Å². The molecule has 1 saturated carbocycles. The zero-order valence-electron chi connectivity index (χ0n) is 13.6. The Labute approximate surface area is 146 Å². The molecule has 2 aromatic rings. The minimum absolute atomic E-state index is 0.0155. The Balaban J connectivity index is 2.15. The van der Waals surface area contributed by atoms with Gasteiger partial charge in [-0.25, -0.2) is 4.98 Å². The zero-order valence-corrected chi connectivity index (χ0v) is 14.4. The van der Waals surface area contributed by atoms with Crippen molar-refractivity contribution < 1.29 is 13.2 Å². The first-order valence-electron chi connectivity index (χ1n) is 7.70. The molecule has 1 atom stereocenters. The molecular formula is C15H17ClF3N5O. The Morgan fingerprint density at radius 1 is 1.44 bits per heavy atom. The number of nitrogens with two attached hydrogens (primary N) is 1. The summed E-state index contributed by atoms with van der Waals surface area (Å²) in [5.41, 5.74) is 4.44. The summed E-state index contributed by atoms with van der Waals surface area (Å²) in [6.07, 6.45) is -2.77. The normalized spacial score (nSPS) is 17.6. The van der Waals surface area contributed by atoms with Crippen molar-refractivity contribution in [3.05, 3.63) is 33.6 Å². The molecule has 1 aliphatic rings. The van der Waals surface area contributed by atoms with Gasteiger partial charge in [0.25, 0.3) is 5.56 Å². The molecule has 1 aliphatic carbocycles. The fourth-order valence-corrected chi connectivity index (χ4v) is 2.74. The molecule has 2 heterocycles. The molecule has 3 N–H and O–H groups in total.